The van der Waals surface area contributed by atoms with E-state index in [2.05, 4.69) is 0 Å². The molecule has 1 aromatic rings. The number of amides is 2. The number of hydrogen-bond acceptors (Lipinski definition) is 5. The maximum atomic E-state index is 12.2. The summed E-state index contributed by atoms with van der Waals surface area (Å²) in [7, 11) is 0. The normalized spacial score (nSPS) is 28.3. The van der Waals surface area contributed by atoms with Crippen molar-refractivity contribution < 1.29 is 33.3 Å². The van der Waals surface area contributed by atoms with Crippen LogP contribution < -0.4 is 10.2 Å². The van der Waals surface area contributed by atoms with Gasteiger partial charge in [0, 0.05) is 5.69 Å². The Morgan fingerprint density at radius 1 is 1.22 bits per heavy atom. The first-order valence-corrected chi connectivity index (χ1v) is 8.85. The number of benzene rings is 1. The van der Waals surface area contributed by atoms with Gasteiger partial charge in [-0.15, -0.1) is 0 Å². The molecule has 1 saturated carbocycles. The van der Waals surface area contributed by atoms with Gasteiger partial charge in [0.25, 0.3) is 5.91 Å². The Balaban J connectivity index is 1.58. The van der Waals surface area contributed by atoms with Crippen LogP contribution in [0.2, 0.25) is 0 Å². The van der Waals surface area contributed by atoms with Crippen LogP contribution in [0.1, 0.15) is 30.7 Å². The number of nitrogens with zero attached hydrogens (tertiary/aromatic N) is 1. The first kappa shape index (κ1) is 19.5. The largest absolute Gasteiger partial charge is 0.442 e. The second-order valence-electron chi connectivity index (χ2n) is 6.90. The number of rotatable bonds is 5. The average molecular weight is 384 g/mol. The minimum atomic E-state index is -3.11. The first-order chi connectivity index (χ1) is 12.8. The van der Waals surface area contributed by atoms with E-state index in [9.17, 15) is 28.6 Å². The van der Waals surface area contributed by atoms with Gasteiger partial charge in [0.15, 0.2) is 0 Å². The Bertz CT molecular complexity index is 685. The van der Waals surface area contributed by atoms with E-state index in [-0.39, 0.29) is 19.0 Å². The second kappa shape index (κ2) is 8.18. The van der Waals surface area contributed by atoms with Crippen molar-refractivity contribution in [3.63, 3.8) is 0 Å². The zero-order valence-electron chi connectivity index (χ0n) is 14.6. The van der Waals surface area contributed by atoms with E-state index in [1.54, 1.807) is 12.1 Å². The SMILES string of the molecule is O=C(NC[C@H]1CN(c2ccc(C3CCC(O)C(O)C3)cc2)C(=O)O1)C(F)F. The van der Waals surface area contributed by atoms with Crippen molar-refractivity contribution in [2.45, 2.75) is 49.9 Å². The summed E-state index contributed by atoms with van der Waals surface area (Å²) in [5, 5.41) is 21.5. The van der Waals surface area contributed by atoms with Crippen LogP contribution in [-0.2, 0) is 9.53 Å². The summed E-state index contributed by atoms with van der Waals surface area (Å²) in [6.07, 6.45) is -4.02. The fraction of sp³-hybridized carbons (Fsp3) is 0.556. The number of nitrogens with one attached hydrogen (secondary N) is 1. The van der Waals surface area contributed by atoms with Gasteiger partial charge in [-0.25, -0.2) is 4.79 Å². The molecule has 0 aromatic heterocycles. The number of aliphatic hydroxyl groups excluding tert-OH is 2. The Morgan fingerprint density at radius 3 is 2.56 bits per heavy atom. The Morgan fingerprint density at radius 2 is 1.93 bits per heavy atom. The van der Waals surface area contributed by atoms with E-state index in [4.69, 9.17) is 4.74 Å². The highest BCUT2D eigenvalue weighted by molar-refractivity contribution is 5.89. The molecule has 1 aliphatic carbocycles. The van der Waals surface area contributed by atoms with Crippen LogP contribution in [0.4, 0.5) is 19.3 Å². The predicted molar refractivity (Wildman–Crippen MR) is 91.7 cm³/mol. The quantitative estimate of drug-likeness (QED) is 0.712. The van der Waals surface area contributed by atoms with Crippen LogP contribution in [0.5, 0.6) is 0 Å². The lowest BCUT2D eigenvalue weighted by Gasteiger charge is -2.30. The molecule has 1 saturated heterocycles. The number of carbonyl (C=O) groups is 2. The van der Waals surface area contributed by atoms with Gasteiger partial charge in [-0.05, 0) is 42.9 Å². The lowest BCUT2D eigenvalue weighted by atomic mass is 9.81. The molecular formula is C18H22F2N2O5. The number of carbonyl (C=O) groups excluding carboxylic acids is 2. The fourth-order valence-corrected chi connectivity index (χ4v) is 3.49. The molecule has 0 radical (unpaired) electrons. The maximum Gasteiger partial charge on any atom is 0.414 e. The van der Waals surface area contributed by atoms with Crippen molar-refractivity contribution in [3.8, 4) is 0 Å². The summed E-state index contributed by atoms with van der Waals surface area (Å²) in [6.45, 7) is -0.0260. The van der Waals surface area contributed by atoms with E-state index >= 15 is 0 Å². The number of anilines is 1. The molecule has 0 bridgehead atoms. The van der Waals surface area contributed by atoms with E-state index in [0.29, 0.717) is 18.5 Å². The van der Waals surface area contributed by atoms with Gasteiger partial charge in [0.2, 0.25) is 0 Å². The van der Waals surface area contributed by atoms with Crippen LogP contribution in [0, 0.1) is 0 Å². The molecule has 27 heavy (non-hydrogen) atoms. The lowest BCUT2D eigenvalue weighted by molar-refractivity contribution is -0.132. The summed E-state index contributed by atoms with van der Waals surface area (Å²) in [6, 6.07) is 7.25. The second-order valence-corrected chi connectivity index (χ2v) is 6.90. The molecule has 148 valence electrons. The molecule has 4 atom stereocenters. The highest BCUT2D eigenvalue weighted by Gasteiger charge is 2.33. The molecular weight excluding hydrogens is 362 g/mol. The molecule has 3 unspecified atom stereocenters. The Kier molecular flexibility index (Phi) is 5.91. The average Bonchev–Trinajstić information content (AvgIpc) is 3.02. The van der Waals surface area contributed by atoms with E-state index < -0.39 is 36.7 Å². The van der Waals surface area contributed by atoms with Crippen molar-refractivity contribution in [1.82, 2.24) is 5.32 Å². The van der Waals surface area contributed by atoms with Crippen LogP contribution in [0.15, 0.2) is 24.3 Å². The fourth-order valence-electron chi connectivity index (χ4n) is 3.49. The summed E-state index contributed by atoms with van der Waals surface area (Å²) in [5.41, 5.74) is 1.61. The van der Waals surface area contributed by atoms with Crippen molar-refractivity contribution in [1.29, 1.82) is 0 Å². The first-order valence-electron chi connectivity index (χ1n) is 8.85. The molecule has 9 heteroatoms. The minimum absolute atomic E-state index is 0.139. The predicted octanol–water partition coefficient (Wildman–Crippen LogP) is 1.38. The third-order valence-corrected chi connectivity index (χ3v) is 5.03. The van der Waals surface area contributed by atoms with Crippen molar-refractivity contribution in [2.75, 3.05) is 18.0 Å². The van der Waals surface area contributed by atoms with Gasteiger partial charge in [-0.2, -0.15) is 8.78 Å². The van der Waals surface area contributed by atoms with E-state index in [1.807, 2.05) is 17.4 Å². The molecule has 1 aromatic carbocycles. The third-order valence-electron chi connectivity index (χ3n) is 5.03. The molecule has 0 spiro atoms. The molecule has 3 rings (SSSR count). The third kappa shape index (κ3) is 4.54. The van der Waals surface area contributed by atoms with Gasteiger partial charge in [0.1, 0.15) is 6.10 Å². The maximum absolute atomic E-state index is 12.2. The van der Waals surface area contributed by atoms with Gasteiger partial charge in [0.05, 0.1) is 25.3 Å². The van der Waals surface area contributed by atoms with Crippen LogP contribution >= 0.6 is 0 Å². The number of halogens is 2. The molecule has 2 amide bonds. The molecule has 7 nitrogen and oxygen atoms in total. The van der Waals surface area contributed by atoms with Gasteiger partial charge >= 0.3 is 12.5 Å². The highest BCUT2D eigenvalue weighted by Crippen LogP contribution is 2.34. The van der Waals surface area contributed by atoms with Crippen molar-refractivity contribution in [2.24, 2.45) is 0 Å². The number of aliphatic hydroxyl groups is 2. The van der Waals surface area contributed by atoms with Crippen LogP contribution in [0.25, 0.3) is 0 Å². The smallest absolute Gasteiger partial charge is 0.414 e. The van der Waals surface area contributed by atoms with Crippen molar-refractivity contribution in [3.05, 3.63) is 29.8 Å². The van der Waals surface area contributed by atoms with Gasteiger partial charge in [-0.3, -0.25) is 9.69 Å². The number of cyclic esters (lactones) is 1. The number of ether oxygens (including phenoxy) is 1. The van der Waals surface area contributed by atoms with Gasteiger partial charge in [-0.1, -0.05) is 12.1 Å². The summed E-state index contributed by atoms with van der Waals surface area (Å²) in [5.74, 6) is -1.26. The van der Waals surface area contributed by atoms with E-state index in [1.165, 1.54) is 4.90 Å². The van der Waals surface area contributed by atoms with E-state index in [0.717, 1.165) is 12.0 Å². The molecule has 1 aliphatic heterocycles. The topological polar surface area (TPSA) is 99.1 Å². The standard InChI is InChI=1S/C18H22F2N2O5/c19-16(20)17(25)21-8-13-9-22(18(26)27-13)12-4-1-10(2-5-12)11-3-6-14(23)15(24)7-11/h1-2,4-5,11,13-16,23-24H,3,6-9H2,(H,21,25)/t11?,13-,14?,15?/m0/s1. The molecule has 3 N–H and O–H groups in total. The van der Waals surface area contributed by atoms with Crippen LogP contribution in [-0.4, -0.2) is 60.0 Å². The lowest BCUT2D eigenvalue weighted by Crippen LogP contribution is -2.37. The molecule has 1 heterocycles. The minimum Gasteiger partial charge on any atom is -0.442 e. The van der Waals surface area contributed by atoms with Crippen molar-refractivity contribution >= 4 is 17.7 Å². The zero-order valence-corrected chi connectivity index (χ0v) is 14.6. The summed E-state index contributed by atoms with van der Waals surface area (Å²) < 4.78 is 29.5. The molecule has 2 aliphatic rings. The molecule has 2 fully saturated rings. The monoisotopic (exact) mass is 384 g/mol. The Hall–Kier alpha value is -2.26. The van der Waals surface area contributed by atoms with Gasteiger partial charge < -0.3 is 20.3 Å². The highest BCUT2D eigenvalue weighted by atomic mass is 19.3. The summed E-state index contributed by atoms with van der Waals surface area (Å²) in [4.78, 5) is 24.3. The number of hydrogen-bond donors (Lipinski definition) is 3. The number of alkyl halides is 2. The summed E-state index contributed by atoms with van der Waals surface area (Å²) >= 11 is 0. The zero-order chi connectivity index (χ0) is 19.6. The van der Waals surface area contributed by atoms with Crippen LogP contribution in [0.3, 0.4) is 0 Å². The Labute approximate surface area is 154 Å².